The number of phenols is 2. The Bertz CT molecular complexity index is 532. The molecule has 4 N–H and O–H groups in total. The van der Waals surface area contributed by atoms with E-state index >= 15 is 0 Å². The highest BCUT2D eigenvalue weighted by Gasteiger charge is 2.24. The SMILES string of the molecule is CC(C)(C)OC(=O)c1c(O)cc(O)cc1NCC(=O)O. The van der Waals surface area contributed by atoms with Crippen LogP contribution in [-0.2, 0) is 9.53 Å². The lowest BCUT2D eigenvalue weighted by Crippen LogP contribution is -2.25. The van der Waals surface area contributed by atoms with Crippen LogP contribution in [0.3, 0.4) is 0 Å². The van der Waals surface area contributed by atoms with Gasteiger partial charge in [-0.25, -0.2) is 4.79 Å². The van der Waals surface area contributed by atoms with Crippen molar-refractivity contribution in [3.05, 3.63) is 17.7 Å². The number of carboxylic acids is 1. The number of benzene rings is 1. The molecule has 1 aromatic rings. The summed E-state index contributed by atoms with van der Waals surface area (Å²) in [7, 11) is 0. The Kier molecular flexibility index (Phi) is 4.44. The van der Waals surface area contributed by atoms with Crippen molar-refractivity contribution in [1.82, 2.24) is 0 Å². The van der Waals surface area contributed by atoms with Crippen molar-refractivity contribution in [2.45, 2.75) is 26.4 Å². The fourth-order valence-corrected chi connectivity index (χ4v) is 1.47. The van der Waals surface area contributed by atoms with Crippen molar-refractivity contribution in [2.75, 3.05) is 11.9 Å². The number of nitrogens with one attached hydrogen (secondary N) is 1. The summed E-state index contributed by atoms with van der Waals surface area (Å²) < 4.78 is 5.12. The van der Waals surface area contributed by atoms with E-state index in [0.29, 0.717) is 0 Å². The molecule has 7 heteroatoms. The number of ether oxygens (including phenoxy) is 1. The third kappa shape index (κ3) is 4.34. The molecular weight excluding hydrogens is 266 g/mol. The molecule has 1 rings (SSSR count). The van der Waals surface area contributed by atoms with Gasteiger partial charge in [0, 0.05) is 12.1 Å². The zero-order chi connectivity index (χ0) is 15.5. The lowest BCUT2D eigenvalue weighted by atomic mass is 10.1. The molecule has 0 radical (unpaired) electrons. The van der Waals surface area contributed by atoms with Crippen molar-refractivity contribution in [1.29, 1.82) is 0 Å². The molecule has 0 aliphatic carbocycles. The van der Waals surface area contributed by atoms with E-state index in [-0.39, 0.29) is 17.0 Å². The quantitative estimate of drug-likeness (QED) is 0.619. The topological polar surface area (TPSA) is 116 Å². The number of hydrogen-bond donors (Lipinski definition) is 4. The average molecular weight is 283 g/mol. The largest absolute Gasteiger partial charge is 0.508 e. The summed E-state index contributed by atoms with van der Waals surface area (Å²) in [4.78, 5) is 22.6. The van der Waals surface area contributed by atoms with Gasteiger partial charge in [-0.15, -0.1) is 0 Å². The van der Waals surface area contributed by atoms with Crippen LogP contribution >= 0.6 is 0 Å². The van der Waals surface area contributed by atoms with E-state index in [2.05, 4.69) is 5.32 Å². The molecule has 0 saturated heterocycles. The smallest absolute Gasteiger partial charge is 0.344 e. The maximum atomic E-state index is 12.0. The van der Waals surface area contributed by atoms with E-state index in [4.69, 9.17) is 9.84 Å². The Morgan fingerprint density at radius 3 is 2.35 bits per heavy atom. The number of carbonyl (C=O) groups excluding carboxylic acids is 1. The normalized spacial score (nSPS) is 10.9. The van der Waals surface area contributed by atoms with Crippen molar-refractivity contribution in [3.8, 4) is 11.5 Å². The van der Waals surface area contributed by atoms with Crippen LogP contribution in [0.5, 0.6) is 11.5 Å². The molecule has 7 nitrogen and oxygen atoms in total. The van der Waals surface area contributed by atoms with Gasteiger partial charge in [-0.05, 0) is 20.8 Å². The van der Waals surface area contributed by atoms with Gasteiger partial charge in [0.15, 0.2) is 0 Å². The Morgan fingerprint density at radius 1 is 1.25 bits per heavy atom. The zero-order valence-corrected chi connectivity index (χ0v) is 11.4. The first-order chi connectivity index (χ1) is 9.10. The number of anilines is 1. The molecular formula is C13H17NO6. The van der Waals surface area contributed by atoms with Gasteiger partial charge in [0.25, 0.3) is 0 Å². The fourth-order valence-electron chi connectivity index (χ4n) is 1.47. The monoisotopic (exact) mass is 283 g/mol. The summed E-state index contributed by atoms with van der Waals surface area (Å²) in [6.45, 7) is 4.50. The molecule has 0 atom stereocenters. The third-order valence-corrected chi connectivity index (χ3v) is 2.14. The highest BCUT2D eigenvalue weighted by molar-refractivity contribution is 5.99. The van der Waals surface area contributed by atoms with Crippen LogP contribution in [0.4, 0.5) is 5.69 Å². The first-order valence-corrected chi connectivity index (χ1v) is 5.85. The first kappa shape index (κ1) is 15.6. The minimum Gasteiger partial charge on any atom is -0.508 e. The Morgan fingerprint density at radius 2 is 1.85 bits per heavy atom. The van der Waals surface area contributed by atoms with Crippen LogP contribution in [-0.4, -0.2) is 39.4 Å². The van der Waals surface area contributed by atoms with Crippen molar-refractivity contribution >= 4 is 17.6 Å². The summed E-state index contributed by atoms with van der Waals surface area (Å²) in [6.07, 6.45) is 0. The molecule has 0 heterocycles. The Labute approximate surface area is 115 Å². The van der Waals surface area contributed by atoms with Gasteiger partial charge in [0.1, 0.15) is 29.2 Å². The lowest BCUT2D eigenvalue weighted by molar-refractivity contribution is -0.134. The number of carbonyl (C=O) groups is 2. The summed E-state index contributed by atoms with van der Waals surface area (Å²) in [5, 5.41) is 30.2. The van der Waals surface area contributed by atoms with E-state index in [1.165, 1.54) is 0 Å². The van der Waals surface area contributed by atoms with E-state index in [1.54, 1.807) is 20.8 Å². The minimum atomic E-state index is -1.15. The predicted molar refractivity (Wildman–Crippen MR) is 71.1 cm³/mol. The summed E-state index contributed by atoms with van der Waals surface area (Å²) >= 11 is 0. The Hall–Kier alpha value is -2.44. The molecule has 0 amide bonds. The van der Waals surface area contributed by atoms with E-state index in [0.717, 1.165) is 12.1 Å². The number of aliphatic carboxylic acids is 1. The van der Waals surface area contributed by atoms with Crippen LogP contribution in [0.25, 0.3) is 0 Å². The first-order valence-electron chi connectivity index (χ1n) is 5.85. The highest BCUT2D eigenvalue weighted by Crippen LogP contribution is 2.32. The molecule has 0 saturated carbocycles. The summed E-state index contributed by atoms with van der Waals surface area (Å²) in [5.41, 5.74) is -1.01. The maximum Gasteiger partial charge on any atom is 0.344 e. The molecule has 0 fully saturated rings. The molecule has 0 bridgehead atoms. The number of phenolic OH excluding ortho intramolecular Hbond substituents is 2. The molecule has 0 spiro atoms. The number of hydrogen-bond acceptors (Lipinski definition) is 6. The molecule has 1 aromatic carbocycles. The summed E-state index contributed by atoms with van der Waals surface area (Å²) in [5.74, 6) is -2.76. The average Bonchev–Trinajstić information content (AvgIpc) is 2.22. The number of carboxylic acid groups (broad SMARTS) is 1. The van der Waals surface area contributed by atoms with E-state index in [1.807, 2.05) is 0 Å². The summed E-state index contributed by atoms with van der Waals surface area (Å²) in [6, 6.07) is 2.12. The highest BCUT2D eigenvalue weighted by atomic mass is 16.6. The number of esters is 1. The second-order valence-electron chi connectivity index (χ2n) is 5.14. The second kappa shape index (κ2) is 5.68. The van der Waals surface area contributed by atoms with Crippen LogP contribution in [0, 0.1) is 0 Å². The predicted octanol–water partition coefficient (Wildman–Crippen LogP) is 1.55. The van der Waals surface area contributed by atoms with Crippen LogP contribution < -0.4 is 5.32 Å². The van der Waals surface area contributed by atoms with Gasteiger partial charge in [-0.2, -0.15) is 0 Å². The number of rotatable bonds is 4. The van der Waals surface area contributed by atoms with Gasteiger partial charge < -0.3 is 25.4 Å². The van der Waals surface area contributed by atoms with Gasteiger partial charge in [0.05, 0.1) is 5.69 Å². The maximum absolute atomic E-state index is 12.0. The van der Waals surface area contributed by atoms with Crippen molar-refractivity contribution in [2.24, 2.45) is 0 Å². The third-order valence-electron chi connectivity index (χ3n) is 2.14. The van der Waals surface area contributed by atoms with Crippen molar-refractivity contribution < 1.29 is 29.6 Å². The van der Waals surface area contributed by atoms with Gasteiger partial charge in [0.2, 0.25) is 0 Å². The minimum absolute atomic E-state index is 0.0147. The second-order valence-corrected chi connectivity index (χ2v) is 5.14. The Balaban J connectivity index is 3.15. The van der Waals surface area contributed by atoms with Crippen LogP contribution in [0.15, 0.2) is 12.1 Å². The number of aromatic hydroxyl groups is 2. The standard InChI is InChI=1S/C13H17NO6/c1-13(2,3)20-12(19)11-8(14-6-10(17)18)4-7(15)5-9(11)16/h4-5,14-16H,6H2,1-3H3,(H,17,18). The molecule has 20 heavy (non-hydrogen) atoms. The molecule has 0 aliphatic rings. The van der Waals surface area contributed by atoms with Gasteiger partial charge in [-0.3, -0.25) is 4.79 Å². The van der Waals surface area contributed by atoms with Gasteiger partial charge >= 0.3 is 11.9 Å². The molecule has 0 unspecified atom stereocenters. The van der Waals surface area contributed by atoms with E-state index in [9.17, 15) is 19.8 Å². The van der Waals surface area contributed by atoms with Crippen LogP contribution in [0.2, 0.25) is 0 Å². The van der Waals surface area contributed by atoms with Gasteiger partial charge in [-0.1, -0.05) is 0 Å². The van der Waals surface area contributed by atoms with Crippen LogP contribution in [0.1, 0.15) is 31.1 Å². The lowest BCUT2D eigenvalue weighted by Gasteiger charge is -2.21. The molecule has 110 valence electrons. The fraction of sp³-hybridized carbons (Fsp3) is 0.385. The zero-order valence-electron chi connectivity index (χ0n) is 11.4. The van der Waals surface area contributed by atoms with Crippen molar-refractivity contribution in [3.63, 3.8) is 0 Å². The molecule has 0 aromatic heterocycles. The van der Waals surface area contributed by atoms with E-state index < -0.39 is 29.8 Å². The molecule has 0 aliphatic heterocycles.